The summed E-state index contributed by atoms with van der Waals surface area (Å²) in [5, 5.41) is 20.5. The summed E-state index contributed by atoms with van der Waals surface area (Å²) < 4.78 is 0. The third kappa shape index (κ3) is 3.59. The molecule has 0 aliphatic carbocycles. The Labute approximate surface area is 77.6 Å². The lowest BCUT2D eigenvalue weighted by Gasteiger charge is -2.02. The van der Waals surface area contributed by atoms with Crippen LogP contribution in [0.4, 0.5) is 0 Å². The highest BCUT2D eigenvalue weighted by Gasteiger charge is 1.93. The zero-order chi connectivity index (χ0) is 9.52. The Bertz CT molecular complexity index is 304. The van der Waals surface area contributed by atoms with Crippen molar-refractivity contribution >= 4 is 0 Å². The van der Waals surface area contributed by atoms with Crippen LogP contribution in [-0.4, -0.2) is 11.7 Å². The fourth-order valence-electron chi connectivity index (χ4n) is 1.04. The molecule has 0 aliphatic heterocycles. The van der Waals surface area contributed by atoms with Gasteiger partial charge in [0, 0.05) is 19.5 Å². The van der Waals surface area contributed by atoms with Gasteiger partial charge in [0.1, 0.15) is 5.75 Å². The fourth-order valence-corrected chi connectivity index (χ4v) is 1.04. The van der Waals surface area contributed by atoms with Crippen LogP contribution in [0.25, 0.3) is 0 Å². The molecule has 1 aromatic carbocycles. The van der Waals surface area contributed by atoms with Crippen LogP contribution in [0.5, 0.6) is 5.75 Å². The van der Waals surface area contributed by atoms with Crippen molar-refractivity contribution in [3.8, 4) is 11.8 Å². The molecule has 3 nitrogen and oxygen atoms in total. The van der Waals surface area contributed by atoms with Crippen LogP contribution < -0.4 is 5.32 Å². The molecule has 0 spiro atoms. The largest absolute Gasteiger partial charge is 0.508 e. The number of rotatable bonds is 4. The normalized spacial score (nSPS) is 9.46. The summed E-state index contributed by atoms with van der Waals surface area (Å²) in [6.45, 7) is 1.38. The van der Waals surface area contributed by atoms with Gasteiger partial charge in [-0.05, 0) is 17.7 Å². The molecule has 68 valence electrons. The molecule has 3 heteroatoms. The van der Waals surface area contributed by atoms with E-state index in [2.05, 4.69) is 11.4 Å². The van der Waals surface area contributed by atoms with E-state index in [1.807, 2.05) is 6.07 Å². The number of aromatic hydroxyl groups is 1. The van der Waals surface area contributed by atoms with Gasteiger partial charge in [-0.25, -0.2) is 0 Å². The Morgan fingerprint density at radius 3 is 3.00 bits per heavy atom. The first-order chi connectivity index (χ1) is 6.33. The van der Waals surface area contributed by atoms with Crippen molar-refractivity contribution in [2.45, 2.75) is 13.0 Å². The Morgan fingerprint density at radius 1 is 1.46 bits per heavy atom. The number of nitriles is 1. The van der Waals surface area contributed by atoms with Crippen molar-refractivity contribution in [1.29, 1.82) is 5.26 Å². The molecule has 0 saturated heterocycles. The Hall–Kier alpha value is -1.53. The first-order valence-electron chi connectivity index (χ1n) is 4.18. The average molecular weight is 176 g/mol. The van der Waals surface area contributed by atoms with Crippen LogP contribution in [0.2, 0.25) is 0 Å². The molecule has 0 aliphatic rings. The predicted molar refractivity (Wildman–Crippen MR) is 50.0 cm³/mol. The van der Waals surface area contributed by atoms with Crippen molar-refractivity contribution in [1.82, 2.24) is 5.32 Å². The summed E-state index contributed by atoms with van der Waals surface area (Å²) in [6.07, 6.45) is 0.513. The van der Waals surface area contributed by atoms with E-state index in [0.29, 0.717) is 19.5 Å². The molecule has 0 aromatic heterocycles. The van der Waals surface area contributed by atoms with Gasteiger partial charge in [-0.15, -0.1) is 0 Å². The van der Waals surface area contributed by atoms with Crippen molar-refractivity contribution in [2.75, 3.05) is 6.54 Å². The minimum atomic E-state index is 0.277. The minimum absolute atomic E-state index is 0.277. The summed E-state index contributed by atoms with van der Waals surface area (Å²) >= 11 is 0. The van der Waals surface area contributed by atoms with Gasteiger partial charge < -0.3 is 10.4 Å². The topological polar surface area (TPSA) is 56.0 Å². The molecule has 13 heavy (non-hydrogen) atoms. The highest BCUT2D eigenvalue weighted by atomic mass is 16.3. The highest BCUT2D eigenvalue weighted by molar-refractivity contribution is 5.26. The smallest absolute Gasteiger partial charge is 0.115 e. The minimum Gasteiger partial charge on any atom is -0.508 e. The van der Waals surface area contributed by atoms with Gasteiger partial charge in [0.25, 0.3) is 0 Å². The number of hydrogen-bond acceptors (Lipinski definition) is 3. The molecular formula is C10H12N2O. The molecule has 0 fully saturated rings. The van der Waals surface area contributed by atoms with E-state index in [1.165, 1.54) is 0 Å². The van der Waals surface area contributed by atoms with E-state index in [1.54, 1.807) is 18.2 Å². The fraction of sp³-hybridized carbons (Fsp3) is 0.300. The van der Waals surface area contributed by atoms with Crippen LogP contribution >= 0.6 is 0 Å². The summed E-state index contributed by atoms with van der Waals surface area (Å²) in [4.78, 5) is 0. The molecule has 0 bridgehead atoms. The van der Waals surface area contributed by atoms with Gasteiger partial charge in [0.15, 0.2) is 0 Å². The molecule has 0 amide bonds. The zero-order valence-corrected chi connectivity index (χ0v) is 7.33. The second-order valence-electron chi connectivity index (χ2n) is 2.75. The summed E-state index contributed by atoms with van der Waals surface area (Å²) in [5.41, 5.74) is 1.03. The van der Waals surface area contributed by atoms with Gasteiger partial charge in [0.05, 0.1) is 6.07 Å². The van der Waals surface area contributed by atoms with Gasteiger partial charge in [0.2, 0.25) is 0 Å². The summed E-state index contributed by atoms with van der Waals surface area (Å²) in [5.74, 6) is 0.277. The molecule has 0 saturated carbocycles. The lowest BCUT2D eigenvalue weighted by Crippen LogP contribution is -2.13. The Kier molecular flexibility index (Phi) is 3.80. The highest BCUT2D eigenvalue weighted by Crippen LogP contribution is 2.10. The maximum Gasteiger partial charge on any atom is 0.115 e. The van der Waals surface area contributed by atoms with E-state index in [-0.39, 0.29) is 5.75 Å². The Morgan fingerprint density at radius 2 is 2.31 bits per heavy atom. The molecule has 1 rings (SSSR count). The quantitative estimate of drug-likeness (QED) is 0.682. The van der Waals surface area contributed by atoms with Gasteiger partial charge in [-0.1, -0.05) is 12.1 Å². The van der Waals surface area contributed by atoms with E-state index < -0.39 is 0 Å². The van der Waals surface area contributed by atoms with Crippen LogP contribution in [0.3, 0.4) is 0 Å². The number of phenolic OH excluding ortho intramolecular Hbond substituents is 1. The molecule has 0 atom stereocenters. The first-order valence-corrected chi connectivity index (χ1v) is 4.18. The number of hydrogen-bond donors (Lipinski definition) is 2. The van der Waals surface area contributed by atoms with Crippen molar-refractivity contribution < 1.29 is 5.11 Å². The Balaban J connectivity index is 2.33. The van der Waals surface area contributed by atoms with E-state index in [0.717, 1.165) is 5.56 Å². The van der Waals surface area contributed by atoms with Crippen molar-refractivity contribution in [3.05, 3.63) is 29.8 Å². The van der Waals surface area contributed by atoms with Crippen LogP contribution in [-0.2, 0) is 6.54 Å². The van der Waals surface area contributed by atoms with Gasteiger partial charge >= 0.3 is 0 Å². The van der Waals surface area contributed by atoms with E-state index >= 15 is 0 Å². The lowest BCUT2D eigenvalue weighted by atomic mass is 10.2. The molecule has 2 N–H and O–H groups in total. The SMILES string of the molecule is N#CCCNCc1cccc(O)c1. The molecule has 0 heterocycles. The van der Waals surface area contributed by atoms with Crippen molar-refractivity contribution in [3.63, 3.8) is 0 Å². The van der Waals surface area contributed by atoms with Crippen molar-refractivity contribution in [2.24, 2.45) is 0 Å². The molecule has 1 aromatic rings. The predicted octanol–water partition coefficient (Wildman–Crippen LogP) is 1.40. The third-order valence-corrected chi connectivity index (χ3v) is 1.65. The van der Waals surface area contributed by atoms with Crippen LogP contribution in [0.15, 0.2) is 24.3 Å². The van der Waals surface area contributed by atoms with E-state index in [4.69, 9.17) is 10.4 Å². The zero-order valence-electron chi connectivity index (χ0n) is 7.33. The van der Waals surface area contributed by atoms with Gasteiger partial charge in [-0.3, -0.25) is 0 Å². The number of nitrogens with one attached hydrogen (secondary N) is 1. The van der Waals surface area contributed by atoms with E-state index in [9.17, 15) is 0 Å². The maximum atomic E-state index is 9.14. The first kappa shape index (κ1) is 9.56. The molecule has 0 radical (unpaired) electrons. The molecular weight excluding hydrogens is 164 g/mol. The van der Waals surface area contributed by atoms with Gasteiger partial charge in [-0.2, -0.15) is 5.26 Å². The second-order valence-corrected chi connectivity index (χ2v) is 2.75. The van der Waals surface area contributed by atoms with Crippen LogP contribution in [0.1, 0.15) is 12.0 Å². The second kappa shape index (κ2) is 5.18. The third-order valence-electron chi connectivity index (χ3n) is 1.65. The lowest BCUT2D eigenvalue weighted by molar-refractivity contribution is 0.474. The number of phenols is 1. The monoisotopic (exact) mass is 176 g/mol. The maximum absolute atomic E-state index is 9.14. The van der Waals surface area contributed by atoms with Crippen LogP contribution in [0, 0.1) is 11.3 Å². The average Bonchev–Trinajstić information content (AvgIpc) is 2.13. The summed E-state index contributed by atoms with van der Waals surface area (Å²) in [6, 6.07) is 9.13. The standard InChI is InChI=1S/C10H12N2O/c11-5-2-6-12-8-9-3-1-4-10(13)7-9/h1,3-4,7,12-13H,2,6,8H2. The number of nitrogens with zero attached hydrogens (tertiary/aromatic N) is 1. The molecule has 0 unspecified atom stereocenters. The summed E-state index contributed by atoms with van der Waals surface area (Å²) in [7, 11) is 0. The number of benzene rings is 1.